The molecule has 0 heterocycles. The average molecular weight is 594 g/mol. The number of carbonyl (C=O) groups is 2. The zero-order chi connectivity index (χ0) is 31.0. The van der Waals surface area contributed by atoms with E-state index in [9.17, 15) is 18.0 Å². The van der Waals surface area contributed by atoms with Crippen molar-refractivity contribution < 1.29 is 22.7 Å². The Bertz CT molecular complexity index is 1470. The zero-order valence-corrected chi connectivity index (χ0v) is 26.5. The van der Waals surface area contributed by atoms with Crippen LogP contribution in [0.25, 0.3) is 0 Å². The van der Waals surface area contributed by atoms with Crippen molar-refractivity contribution in [2.24, 2.45) is 5.92 Å². The molecule has 0 aliphatic heterocycles. The van der Waals surface area contributed by atoms with Gasteiger partial charge in [-0.3, -0.25) is 13.9 Å². The lowest BCUT2D eigenvalue weighted by Gasteiger charge is -2.34. The van der Waals surface area contributed by atoms with E-state index in [1.54, 1.807) is 55.6 Å². The lowest BCUT2D eigenvalue weighted by molar-refractivity contribution is -0.140. The van der Waals surface area contributed by atoms with Crippen LogP contribution in [0, 0.1) is 26.7 Å². The van der Waals surface area contributed by atoms with E-state index in [1.807, 2.05) is 59.7 Å². The van der Waals surface area contributed by atoms with Gasteiger partial charge in [0.15, 0.2) is 0 Å². The van der Waals surface area contributed by atoms with Crippen LogP contribution >= 0.6 is 0 Å². The summed E-state index contributed by atoms with van der Waals surface area (Å²) in [6.45, 7) is 11.6. The number of nitrogens with zero attached hydrogens (tertiary/aromatic N) is 2. The summed E-state index contributed by atoms with van der Waals surface area (Å²) in [5, 5.41) is 2.95. The van der Waals surface area contributed by atoms with Gasteiger partial charge in [-0.05, 0) is 80.1 Å². The second-order valence-electron chi connectivity index (χ2n) is 11.0. The molecule has 0 saturated heterocycles. The first kappa shape index (κ1) is 32.7. The maximum absolute atomic E-state index is 14.2. The van der Waals surface area contributed by atoms with Crippen molar-refractivity contribution in [3.8, 4) is 5.75 Å². The van der Waals surface area contributed by atoms with Gasteiger partial charge in [0.1, 0.15) is 18.3 Å². The van der Waals surface area contributed by atoms with E-state index in [0.29, 0.717) is 24.4 Å². The second-order valence-corrected chi connectivity index (χ2v) is 12.8. The third-order valence-corrected chi connectivity index (χ3v) is 9.09. The van der Waals surface area contributed by atoms with Gasteiger partial charge in [-0.25, -0.2) is 8.42 Å². The Hall–Kier alpha value is -3.85. The van der Waals surface area contributed by atoms with Crippen LogP contribution in [0.2, 0.25) is 0 Å². The molecule has 0 radical (unpaired) electrons. The summed E-state index contributed by atoms with van der Waals surface area (Å²) in [4.78, 5) is 29.2. The van der Waals surface area contributed by atoms with Crippen molar-refractivity contribution in [1.82, 2.24) is 10.2 Å². The van der Waals surface area contributed by atoms with Gasteiger partial charge in [0.25, 0.3) is 10.0 Å². The molecule has 8 nitrogen and oxygen atoms in total. The van der Waals surface area contributed by atoms with Crippen molar-refractivity contribution in [2.45, 2.75) is 65.4 Å². The monoisotopic (exact) mass is 593 g/mol. The summed E-state index contributed by atoms with van der Waals surface area (Å²) in [5.41, 5.74) is 3.79. The number of hydrogen-bond donors (Lipinski definition) is 1. The maximum Gasteiger partial charge on any atom is 0.264 e. The summed E-state index contributed by atoms with van der Waals surface area (Å²) >= 11 is 0. The first-order valence-corrected chi connectivity index (χ1v) is 15.7. The number of ether oxygens (including phenoxy) is 1. The summed E-state index contributed by atoms with van der Waals surface area (Å²) in [7, 11) is -2.55. The number of amides is 2. The van der Waals surface area contributed by atoms with Crippen molar-refractivity contribution in [3.05, 3.63) is 89.0 Å². The molecule has 9 heteroatoms. The van der Waals surface area contributed by atoms with Crippen LogP contribution in [-0.2, 0) is 26.2 Å². The summed E-state index contributed by atoms with van der Waals surface area (Å²) in [5.74, 6) is 0.155. The number of rotatable bonds is 13. The Kier molecular flexibility index (Phi) is 11.2. The highest BCUT2D eigenvalue weighted by Crippen LogP contribution is 2.29. The van der Waals surface area contributed by atoms with E-state index in [-0.39, 0.29) is 23.3 Å². The number of benzene rings is 3. The van der Waals surface area contributed by atoms with Crippen LogP contribution in [0.1, 0.15) is 49.4 Å². The Morgan fingerprint density at radius 1 is 0.929 bits per heavy atom. The molecule has 0 fully saturated rings. The van der Waals surface area contributed by atoms with Gasteiger partial charge in [0.05, 0.1) is 17.7 Å². The number of methoxy groups -OCH3 is 1. The maximum atomic E-state index is 14.2. The molecule has 0 bridgehead atoms. The molecule has 1 atom stereocenters. The molecule has 2 amide bonds. The minimum absolute atomic E-state index is 0.0882. The number of aryl methyl sites for hydroxylation is 2. The number of hydrogen-bond acceptors (Lipinski definition) is 5. The van der Waals surface area contributed by atoms with Gasteiger partial charge in [0, 0.05) is 13.1 Å². The number of sulfonamides is 1. The molecule has 42 heavy (non-hydrogen) atoms. The molecule has 0 saturated carbocycles. The Morgan fingerprint density at radius 2 is 1.57 bits per heavy atom. The van der Waals surface area contributed by atoms with Crippen LogP contribution in [0.3, 0.4) is 0 Å². The van der Waals surface area contributed by atoms with Crippen LogP contribution in [0.4, 0.5) is 5.69 Å². The SMILES string of the molecule is CC[C@H](C(=O)NCC(C)C)N(Cc1ccc(OC)cc1)C(=O)CN(c1cccc(C)c1C)S(=O)(=O)c1ccc(C)cc1. The number of anilines is 1. The van der Waals surface area contributed by atoms with E-state index in [2.05, 4.69) is 5.32 Å². The first-order chi connectivity index (χ1) is 19.9. The van der Waals surface area contributed by atoms with Gasteiger partial charge >= 0.3 is 0 Å². The predicted octanol–water partition coefficient (Wildman–Crippen LogP) is 5.40. The molecular formula is C33H43N3O5S. The topological polar surface area (TPSA) is 96.0 Å². The van der Waals surface area contributed by atoms with Crippen molar-refractivity contribution in [3.63, 3.8) is 0 Å². The molecular weight excluding hydrogens is 550 g/mol. The highest BCUT2D eigenvalue weighted by Gasteiger charge is 2.34. The fourth-order valence-electron chi connectivity index (χ4n) is 4.63. The fraction of sp³-hybridized carbons (Fsp3) is 0.394. The van der Waals surface area contributed by atoms with E-state index in [1.165, 1.54) is 9.21 Å². The highest BCUT2D eigenvalue weighted by atomic mass is 32.2. The standard InChI is InChI=1S/C33H43N3O5S/c1-8-30(33(38)34-20-23(2)3)35(21-27-14-16-28(41-7)17-15-27)32(37)22-36(31-11-9-10-25(5)26(31)6)42(39,40)29-18-12-24(4)13-19-29/h9-19,23,30H,8,20-22H2,1-7H3,(H,34,38)/t30-/m1/s1. The van der Waals surface area contributed by atoms with Gasteiger partial charge < -0.3 is 15.0 Å². The third-order valence-electron chi connectivity index (χ3n) is 7.32. The Balaban J connectivity index is 2.08. The average Bonchev–Trinajstić information content (AvgIpc) is 2.96. The Labute approximate surface area is 250 Å². The van der Waals surface area contributed by atoms with Crippen molar-refractivity contribution >= 4 is 27.5 Å². The lowest BCUT2D eigenvalue weighted by Crippen LogP contribution is -2.52. The summed E-state index contributed by atoms with van der Waals surface area (Å²) in [6, 6.07) is 18.4. The number of nitrogens with one attached hydrogen (secondary N) is 1. The minimum atomic E-state index is -4.13. The quantitative estimate of drug-likeness (QED) is 0.287. The lowest BCUT2D eigenvalue weighted by atomic mass is 10.1. The molecule has 0 spiro atoms. The fourth-order valence-corrected chi connectivity index (χ4v) is 6.10. The van der Waals surface area contributed by atoms with Crippen LogP contribution < -0.4 is 14.4 Å². The highest BCUT2D eigenvalue weighted by molar-refractivity contribution is 7.92. The van der Waals surface area contributed by atoms with Gasteiger partial charge in [0.2, 0.25) is 11.8 Å². The van der Waals surface area contributed by atoms with Gasteiger partial charge in [-0.1, -0.05) is 62.7 Å². The van der Waals surface area contributed by atoms with Crippen molar-refractivity contribution in [1.29, 1.82) is 0 Å². The zero-order valence-electron chi connectivity index (χ0n) is 25.7. The van der Waals surface area contributed by atoms with Gasteiger partial charge in [-0.2, -0.15) is 0 Å². The molecule has 0 aliphatic carbocycles. The molecule has 0 aliphatic rings. The summed E-state index contributed by atoms with van der Waals surface area (Å²) < 4.78 is 34.7. The molecule has 1 N–H and O–H groups in total. The minimum Gasteiger partial charge on any atom is -0.497 e. The first-order valence-electron chi connectivity index (χ1n) is 14.2. The van der Waals surface area contributed by atoms with Crippen LogP contribution in [0.15, 0.2) is 71.6 Å². The largest absolute Gasteiger partial charge is 0.497 e. The normalized spacial score (nSPS) is 12.1. The summed E-state index contributed by atoms with van der Waals surface area (Å²) in [6.07, 6.45) is 0.361. The van der Waals surface area contributed by atoms with E-state index in [0.717, 1.165) is 22.3 Å². The predicted molar refractivity (Wildman–Crippen MR) is 167 cm³/mol. The van der Waals surface area contributed by atoms with E-state index in [4.69, 9.17) is 4.74 Å². The van der Waals surface area contributed by atoms with Gasteiger partial charge in [-0.15, -0.1) is 0 Å². The molecule has 3 aromatic rings. The Morgan fingerprint density at radius 3 is 2.14 bits per heavy atom. The molecule has 3 aromatic carbocycles. The van der Waals surface area contributed by atoms with Crippen LogP contribution in [0.5, 0.6) is 5.75 Å². The molecule has 0 unspecified atom stereocenters. The third kappa shape index (κ3) is 7.91. The van der Waals surface area contributed by atoms with E-state index < -0.39 is 28.5 Å². The number of carbonyl (C=O) groups excluding carboxylic acids is 2. The molecule has 226 valence electrons. The van der Waals surface area contributed by atoms with Crippen LogP contribution in [-0.4, -0.2) is 51.4 Å². The molecule has 0 aromatic heterocycles. The van der Waals surface area contributed by atoms with Crippen molar-refractivity contribution in [2.75, 3.05) is 24.5 Å². The smallest absolute Gasteiger partial charge is 0.264 e. The molecule has 3 rings (SSSR count). The van der Waals surface area contributed by atoms with E-state index >= 15 is 0 Å². The second kappa shape index (κ2) is 14.4.